The van der Waals surface area contributed by atoms with Gasteiger partial charge in [0.05, 0.1) is 53.3 Å². The predicted molar refractivity (Wildman–Crippen MR) is 168 cm³/mol. The Kier molecular flexibility index (Phi) is 8.91. The lowest BCUT2D eigenvalue weighted by Crippen LogP contribution is -2.49. The van der Waals surface area contributed by atoms with E-state index >= 15 is 0 Å². The van der Waals surface area contributed by atoms with Crippen LogP contribution in [0.4, 0.5) is 17.1 Å². The molecule has 6 rings (SSSR count). The number of piperazine rings is 1. The maximum absolute atomic E-state index is 13.7. The highest BCUT2D eigenvalue weighted by Gasteiger charge is 2.38. The molecule has 3 heterocycles. The van der Waals surface area contributed by atoms with Gasteiger partial charge in [-0.2, -0.15) is 4.31 Å². The fourth-order valence-corrected chi connectivity index (χ4v) is 8.03. The van der Waals surface area contributed by atoms with E-state index < -0.39 is 42.7 Å². The van der Waals surface area contributed by atoms with Gasteiger partial charge in [-0.05, 0) is 23.1 Å². The lowest BCUT2D eigenvalue weighted by Gasteiger charge is -2.37. The number of nitrogens with zero attached hydrogens (tertiary/aromatic N) is 6. The average molecular weight is 669 g/mol. The minimum absolute atomic E-state index is 0.0351. The fraction of sp³-hybridized carbons (Fsp3) is 0.400. The van der Waals surface area contributed by atoms with E-state index in [1.54, 1.807) is 0 Å². The Morgan fingerprint density at radius 3 is 2.15 bits per heavy atom. The second kappa shape index (κ2) is 12.9. The second-order valence-corrected chi connectivity index (χ2v) is 13.4. The van der Waals surface area contributed by atoms with Crippen LogP contribution in [0.1, 0.15) is 21.5 Å². The van der Waals surface area contributed by atoms with Crippen LogP contribution in [0.25, 0.3) is 10.8 Å². The summed E-state index contributed by atoms with van der Waals surface area (Å²) in [5.41, 5.74) is -0.281. The van der Waals surface area contributed by atoms with Crippen LogP contribution in [0.3, 0.4) is 0 Å². The zero-order valence-corrected chi connectivity index (χ0v) is 26.1. The third-order valence-corrected chi connectivity index (χ3v) is 10.8. The number of aliphatic hydroxyl groups is 1. The van der Waals surface area contributed by atoms with Crippen molar-refractivity contribution in [3.63, 3.8) is 0 Å². The molecule has 0 atom stereocenters. The van der Waals surface area contributed by atoms with E-state index in [1.165, 1.54) is 4.90 Å². The molecular weight excluding hydrogens is 636 g/mol. The van der Waals surface area contributed by atoms with Crippen LogP contribution in [0.5, 0.6) is 0 Å². The Labute approximate surface area is 269 Å². The van der Waals surface area contributed by atoms with Gasteiger partial charge in [0.1, 0.15) is 0 Å². The molecule has 1 N–H and O–H groups in total. The lowest BCUT2D eigenvalue weighted by atomic mass is 9.91. The van der Waals surface area contributed by atoms with Crippen molar-refractivity contribution in [3.05, 3.63) is 79.4 Å². The standard InChI is InChI=1S/C30H32N6O10S/c37-19-21-16-27(26(36(42)43)18-24(21)35(40)41)47(44,45)33-8-6-32(7-9-33)25-15-20-17-28(38)34(10-5-31-11-13-46-14-12-31)30(39)29(20)23-4-2-1-3-22(23)25/h1-4,15-16,18,37H,5-14,17,19H2. The van der Waals surface area contributed by atoms with Gasteiger partial charge in [0.15, 0.2) is 4.90 Å². The highest BCUT2D eigenvalue weighted by atomic mass is 32.2. The molecule has 0 unspecified atom stereocenters. The predicted octanol–water partition coefficient (Wildman–Crippen LogP) is 1.52. The average Bonchev–Trinajstić information content (AvgIpc) is 3.07. The van der Waals surface area contributed by atoms with Gasteiger partial charge < -0.3 is 14.7 Å². The van der Waals surface area contributed by atoms with Crippen LogP contribution in [0, 0.1) is 20.2 Å². The Morgan fingerprint density at radius 1 is 0.851 bits per heavy atom. The summed E-state index contributed by atoms with van der Waals surface area (Å²) < 4.78 is 33.7. The molecule has 47 heavy (non-hydrogen) atoms. The van der Waals surface area contributed by atoms with Crippen LogP contribution in [0.15, 0.2) is 47.4 Å². The highest BCUT2D eigenvalue weighted by molar-refractivity contribution is 7.89. The van der Waals surface area contributed by atoms with E-state index in [-0.39, 0.29) is 56.5 Å². The van der Waals surface area contributed by atoms with Gasteiger partial charge in [0, 0.05) is 63.4 Å². The molecule has 3 aromatic carbocycles. The third kappa shape index (κ3) is 6.03. The van der Waals surface area contributed by atoms with Gasteiger partial charge in [-0.25, -0.2) is 8.42 Å². The zero-order valence-electron chi connectivity index (χ0n) is 25.2. The van der Waals surface area contributed by atoms with Gasteiger partial charge in [0.2, 0.25) is 15.9 Å². The van der Waals surface area contributed by atoms with Crippen LogP contribution < -0.4 is 4.90 Å². The normalized spacial score (nSPS) is 18.1. The van der Waals surface area contributed by atoms with E-state index in [2.05, 4.69) is 4.90 Å². The molecule has 2 fully saturated rings. The van der Waals surface area contributed by atoms with Crippen LogP contribution in [-0.4, -0.2) is 115 Å². The first kappa shape index (κ1) is 32.4. The Morgan fingerprint density at radius 2 is 1.51 bits per heavy atom. The number of fused-ring (bicyclic) bond motifs is 3. The third-order valence-electron chi connectivity index (χ3n) is 8.87. The number of amides is 2. The van der Waals surface area contributed by atoms with E-state index in [9.17, 15) is 43.3 Å². The molecule has 3 aromatic rings. The monoisotopic (exact) mass is 668 g/mol. The SMILES string of the molecule is O=C1Cc2cc(N3CCN(S(=O)(=O)c4cc(CO)c([N+](=O)[O-])cc4[N+](=O)[O-])CC3)c3ccccc3c2C(=O)N1CCN1CCOCC1. The molecule has 0 aliphatic carbocycles. The van der Waals surface area contributed by atoms with Gasteiger partial charge in [-0.3, -0.25) is 39.6 Å². The molecular formula is C30H32N6O10S. The molecule has 2 amide bonds. The molecule has 248 valence electrons. The van der Waals surface area contributed by atoms with Crippen molar-refractivity contribution in [1.82, 2.24) is 14.1 Å². The van der Waals surface area contributed by atoms with Crippen LogP contribution in [0.2, 0.25) is 0 Å². The quantitative estimate of drug-likeness (QED) is 0.196. The number of carbonyl (C=O) groups excluding carboxylic acids is 2. The van der Waals surface area contributed by atoms with E-state index in [0.717, 1.165) is 34.5 Å². The van der Waals surface area contributed by atoms with Crippen molar-refractivity contribution in [1.29, 1.82) is 0 Å². The van der Waals surface area contributed by atoms with Crippen molar-refractivity contribution < 1.29 is 37.7 Å². The summed E-state index contributed by atoms with van der Waals surface area (Å²) in [7, 11) is -4.48. The largest absolute Gasteiger partial charge is 0.391 e. The number of imide groups is 1. The number of ether oxygens (including phenoxy) is 1. The number of hydrogen-bond acceptors (Lipinski definition) is 12. The van der Waals surface area contributed by atoms with Gasteiger partial charge in [-0.1, -0.05) is 24.3 Å². The second-order valence-electron chi connectivity index (χ2n) is 11.5. The number of aliphatic hydroxyl groups excluding tert-OH is 1. The van der Waals surface area contributed by atoms with E-state index in [0.29, 0.717) is 42.3 Å². The molecule has 0 aromatic heterocycles. The Bertz CT molecular complexity index is 1890. The van der Waals surface area contributed by atoms with Crippen molar-refractivity contribution in [2.45, 2.75) is 17.9 Å². The number of sulfonamides is 1. The van der Waals surface area contributed by atoms with E-state index in [1.807, 2.05) is 35.2 Å². The molecule has 0 saturated carbocycles. The van der Waals surface area contributed by atoms with Crippen molar-refractivity contribution in [2.75, 3.05) is 70.5 Å². The first-order chi connectivity index (χ1) is 22.5. The van der Waals surface area contributed by atoms with Crippen molar-refractivity contribution >= 4 is 49.7 Å². The minimum Gasteiger partial charge on any atom is -0.391 e. The summed E-state index contributed by atoms with van der Waals surface area (Å²) in [5, 5.41) is 34.2. The summed E-state index contributed by atoms with van der Waals surface area (Å²) in [6.07, 6.45) is 0.0351. The molecule has 2 saturated heterocycles. The van der Waals surface area contributed by atoms with Gasteiger partial charge >= 0.3 is 0 Å². The van der Waals surface area contributed by atoms with Crippen LogP contribution >= 0.6 is 0 Å². The first-order valence-electron chi connectivity index (χ1n) is 15.0. The Balaban J connectivity index is 1.26. The van der Waals surface area contributed by atoms with Crippen molar-refractivity contribution in [2.24, 2.45) is 0 Å². The lowest BCUT2D eigenvalue weighted by molar-refractivity contribution is -0.396. The number of nitro groups is 2. The molecule has 3 aliphatic rings. The van der Waals surface area contributed by atoms with E-state index in [4.69, 9.17) is 4.74 Å². The number of benzene rings is 3. The molecule has 0 spiro atoms. The summed E-state index contributed by atoms with van der Waals surface area (Å²) in [6.45, 7) is 2.89. The molecule has 0 bridgehead atoms. The number of hydrogen-bond donors (Lipinski definition) is 1. The van der Waals surface area contributed by atoms with Crippen molar-refractivity contribution in [3.8, 4) is 0 Å². The van der Waals surface area contributed by atoms with Crippen LogP contribution in [-0.2, 0) is 32.6 Å². The molecule has 3 aliphatic heterocycles. The zero-order chi connectivity index (χ0) is 33.5. The first-order valence-corrected chi connectivity index (χ1v) is 16.5. The summed E-state index contributed by atoms with van der Waals surface area (Å²) in [4.78, 5) is 52.8. The van der Waals surface area contributed by atoms with Gasteiger partial charge in [0.25, 0.3) is 17.3 Å². The maximum atomic E-state index is 13.7. The number of nitro benzene ring substituents is 2. The summed E-state index contributed by atoms with van der Waals surface area (Å²) in [6, 6.07) is 10.5. The highest BCUT2D eigenvalue weighted by Crippen LogP contribution is 2.38. The fourth-order valence-electron chi connectivity index (χ4n) is 6.42. The number of carbonyl (C=O) groups is 2. The number of morpholine rings is 1. The summed E-state index contributed by atoms with van der Waals surface area (Å²) in [5.74, 6) is -0.644. The molecule has 0 radical (unpaired) electrons. The smallest absolute Gasteiger partial charge is 0.296 e. The maximum Gasteiger partial charge on any atom is 0.296 e. The van der Waals surface area contributed by atoms with Gasteiger partial charge in [-0.15, -0.1) is 0 Å². The number of rotatable bonds is 9. The summed E-state index contributed by atoms with van der Waals surface area (Å²) >= 11 is 0. The molecule has 17 heteroatoms. The molecule has 16 nitrogen and oxygen atoms in total. The number of anilines is 1. The Hall–Kier alpha value is -4.55. The minimum atomic E-state index is -4.48. The topological polar surface area (TPSA) is 197 Å².